The van der Waals surface area contributed by atoms with Crippen molar-refractivity contribution >= 4 is 58.5 Å². The second kappa shape index (κ2) is 13.2. The number of rotatable bonds is 10. The van der Waals surface area contributed by atoms with E-state index in [0.29, 0.717) is 61.1 Å². The maximum atomic E-state index is 13.3. The molecule has 3 aromatic carbocycles. The number of anilines is 1. The number of allylic oxidation sites excluding steroid dienone is 1. The fourth-order valence-electron chi connectivity index (χ4n) is 4.37. The van der Waals surface area contributed by atoms with Gasteiger partial charge < -0.3 is 14.8 Å². The van der Waals surface area contributed by atoms with Gasteiger partial charge in [0.2, 0.25) is 11.1 Å². The van der Waals surface area contributed by atoms with Gasteiger partial charge in [0.05, 0.1) is 12.2 Å². The van der Waals surface area contributed by atoms with Crippen molar-refractivity contribution < 1.29 is 14.3 Å². The Labute approximate surface area is 257 Å². The molecule has 11 heteroatoms. The maximum Gasteiger partial charge on any atom is 0.338 e. The van der Waals surface area contributed by atoms with Crippen LogP contribution in [0.5, 0.6) is 5.75 Å². The van der Waals surface area contributed by atoms with E-state index in [0.717, 1.165) is 17.5 Å². The molecular weight excluding hydrogens is 603 g/mol. The van der Waals surface area contributed by atoms with E-state index in [1.807, 2.05) is 62.4 Å². The molecule has 0 bridgehead atoms. The van der Waals surface area contributed by atoms with Gasteiger partial charge in [-0.05, 0) is 54.8 Å². The van der Waals surface area contributed by atoms with E-state index >= 15 is 0 Å². The van der Waals surface area contributed by atoms with Crippen LogP contribution in [0.2, 0.25) is 15.1 Å². The van der Waals surface area contributed by atoms with Gasteiger partial charge in [-0.15, -0.1) is 5.10 Å². The van der Waals surface area contributed by atoms with E-state index in [1.54, 1.807) is 22.9 Å². The molecule has 0 amide bonds. The topological polar surface area (TPSA) is 78.3 Å². The van der Waals surface area contributed by atoms with Crippen molar-refractivity contribution in [3.63, 3.8) is 0 Å². The number of ether oxygens (including phenoxy) is 2. The molecule has 7 nitrogen and oxygen atoms in total. The highest BCUT2D eigenvalue weighted by molar-refractivity contribution is 7.98. The summed E-state index contributed by atoms with van der Waals surface area (Å²) in [5, 5.41) is 10.4. The Morgan fingerprint density at radius 1 is 1.00 bits per heavy atom. The number of carbonyl (C=O) groups is 1. The van der Waals surface area contributed by atoms with Gasteiger partial charge in [-0.1, -0.05) is 89.9 Å². The molecule has 0 aliphatic carbocycles. The zero-order valence-electron chi connectivity index (χ0n) is 22.4. The fourth-order valence-corrected chi connectivity index (χ4v) is 5.99. The predicted molar refractivity (Wildman–Crippen MR) is 164 cm³/mol. The third-order valence-corrected chi connectivity index (χ3v) is 8.41. The summed E-state index contributed by atoms with van der Waals surface area (Å²) in [5.41, 5.74) is 3.66. The van der Waals surface area contributed by atoms with E-state index in [2.05, 4.69) is 5.32 Å². The van der Waals surface area contributed by atoms with Crippen LogP contribution in [0.4, 0.5) is 5.95 Å². The van der Waals surface area contributed by atoms with E-state index in [9.17, 15) is 4.79 Å². The highest BCUT2D eigenvalue weighted by atomic mass is 35.5. The second-order valence-electron chi connectivity index (χ2n) is 9.30. The summed E-state index contributed by atoms with van der Waals surface area (Å²) in [5.74, 6) is 1.37. The molecule has 4 aromatic rings. The van der Waals surface area contributed by atoms with E-state index in [4.69, 9.17) is 54.4 Å². The van der Waals surface area contributed by atoms with E-state index in [1.165, 1.54) is 11.8 Å². The summed E-state index contributed by atoms with van der Waals surface area (Å²) in [7, 11) is 0. The zero-order valence-corrected chi connectivity index (χ0v) is 25.4. The number of fused-ring (bicyclic) bond motifs is 1. The Morgan fingerprint density at radius 2 is 1.71 bits per heavy atom. The number of thioether (sulfide) groups is 1. The van der Waals surface area contributed by atoms with Gasteiger partial charge in [-0.3, -0.25) is 0 Å². The molecule has 0 spiro atoms. The Kier molecular flexibility index (Phi) is 9.45. The standard InChI is InChI=1S/C30H27Cl3N4O3S/c1-3-15-39-28(38)26-18(2)34-29-35-30(41-17-20-7-4-5-8-23(20)31)36-37(29)27(26)19-11-13-21(14-12-19)40-16-22-24(32)9-6-10-25(22)33/h4-14,27H,3,15-17H2,1-2H3,(H,34,35,36). The lowest BCUT2D eigenvalue weighted by Crippen LogP contribution is -2.29. The van der Waals surface area contributed by atoms with Crippen LogP contribution >= 0.6 is 46.6 Å². The molecule has 41 heavy (non-hydrogen) atoms. The lowest BCUT2D eigenvalue weighted by molar-refractivity contribution is -0.139. The number of nitrogens with zero attached hydrogens (tertiary/aromatic N) is 3. The molecule has 0 saturated carbocycles. The van der Waals surface area contributed by atoms with Crippen LogP contribution < -0.4 is 10.1 Å². The molecule has 1 aliphatic heterocycles. The molecule has 1 atom stereocenters. The van der Waals surface area contributed by atoms with Crippen LogP contribution in [0.15, 0.2) is 83.2 Å². The highest BCUT2D eigenvalue weighted by Crippen LogP contribution is 2.38. The van der Waals surface area contributed by atoms with Crippen LogP contribution in [-0.2, 0) is 21.9 Å². The number of hydrogen-bond acceptors (Lipinski definition) is 7. The van der Waals surface area contributed by atoms with Crippen molar-refractivity contribution in [1.82, 2.24) is 14.8 Å². The number of esters is 1. The van der Waals surface area contributed by atoms with Gasteiger partial charge in [-0.25, -0.2) is 9.48 Å². The predicted octanol–water partition coefficient (Wildman–Crippen LogP) is 8.35. The van der Waals surface area contributed by atoms with Gasteiger partial charge in [0, 0.05) is 32.1 Å². The number of hydrogen-bond donors (Lipinski definition) is 1. The number of benzene rings is 3. The Balaban J connectivity index is 1.42. The first-order valence-corrected chi connectivity index (χ1v) is 15.1. The molecule has 1 unspecified atom stereocenters. The minimum absolute atomic E-state index is 0.220. The van der Waals surface area contributed by atoms with Crippen LogP contribution in [0, 0.1) is 0 Å². The lowest BCUT2D eigenvalue weighted by Gasteiger charge is -2.28. The number of nitrogens with one attached hydrogen (secondary N) is 1. The van der Waals surface area contributed by atoms with Gasteiger partial charge in [0.1, 0.15) is 18.4 Å². The normalized spacial score (nSPS) is 14.4. The van der Waals surface area contributed by atoms with Crippen molar-refractivity contribution in [3.05, 3.63) is 110 Å². The van der Waals surface area contributed by atoms with E-state index < -0.39 is 12.0 Å². The maximum absolute atomic E-state index is 13.3. The smallest absolute Gasteiger partial charge is 0.338 e. The number of halogens is 3. The first-order chi connectivity index (χ1) is 19.9. The quantitative estimate of drug-likeness (QED) is 0.140. The summed E-state index contributed by atoms with van der Waals surface area (Å²) in [6.45, 7) is 4.34. The molecule has 0 radical (unpaired) electrons. The summed E-state index contributed by atoms with van der Waals surface area (Å²) >= 11 is 20.4. The third kappa shape index (κ3) is 6.67. The molecule has 5 rings (SSSR count). The van der Waals surface area contributed by atoms with Crippen LogP contribution in [0.3, 0.4) is 0 Å². The molecule has 212 valence electrons. The van der Waals surface area contributed by atoms with Crippen molar-refractivity contribution in [2.75, 3.05) is 11.9 Å². The highest BCUT2D eigenvalue weighted by Gasteiger charge is 2.35. The Hall–Kier alpha value is -3.17. The molecule has 2 heterocycles. The summed E-state index contributed by atoms with van der Waals surface area (Å²) in [6, 6.07) is 20.0. The monoisotopic (exact) mass is 628 g/mol. The third-order valence-electron chi connectivity index (χ3n) is 6.45. The summed E-state index contributed by atoms with van der Waals surface area (Å²) < 4.78 is 13.3. The average Bonchev–Trinajstić information content (AvgIpc) is 3.37. The Bertz CT molecular complexity index is 1570. The second-order valence-corrected chi connectivity index (χ2v) is 11.5. The number of carbonyl (C=O) groups excluding carboxylic acids is 1. The van der Waals surface area contributed by atoms with Gasteiger partial charge >= 0.3 is 5.97 Å². The van der Waals surface area contributed by atoms with Crippen LogP contribution in [0.1, 0.15) is 43.0 Å². The first-order valence-electron chi connectivity index (χ1n) is 13.0. The minimum Gasteiger partial charge on any atom is -0.489 e. The molecule has 0 saturated heterocycles. The summed E-state index contributed by atoms with van der Waals surface area (Å²) in [6.07, 6.45) is 0.717. The molecule has 0 fully saturated rings. The molecule has 1 aliphatic rings. The van der Waals surface area contributed by atoms with Crippen LogP contribution in [-0.4, -0.2) is 27.3 Å². The summed E-state index contributed by atoms with van der Waals surface area (Å²) in [4.78, 5) is 18.0. The fraction of sp³-hybridized carbons (Fsp3) is 0.233. The minimum atomic E-state index is -0.551. The Morgan fingerprint density at radius 3 is 2.41 bits per heavy atom. The lowest BCUT2D eigenvalue weighted by atomic mass is 9.96. The molecule has 1 N–H and O–H groups in total. The van der Waals surface area contributed by atoms with Crippen molar-refractivity contribution in [1.29, 1.82) is 0 Å². The van der Waals surface area contributed by atoms with Gasteiger partial charge in [0.25, 0.3) is 0 Å². The first kappa shape index (κ1) is 29.3. The number of aromatic nitrogens is 3. The SMILES string of the molecule is CCCOC(=O)C1=C(C)Nc2nc(SCc3ccccc3Cl)nn2C1c1ccc(OCc2c(Cl)cccc2Cl)cc1. The van der Waals surface area contributed by atoms with Crippen LogP contribution in [0.25, 0.3) is 0 Å². The van der Waals surface area contributed by atoms with Gasteiger partial charge in [0.15, 0.2) is 0 Å². The largest absolute Gasteiger partial charge is 0.489 e. The van der Waals surface area contributed by atoms with Crippen molar-refractivity contribution in [2.45, 2.75) is 43.8 Å². The average molecular weight is 630 g/mol. The van der Waals surface area contributed by atoms with Gasteiger partial charge in [-0.2, -0.15) is 4.98 Å². The molecular formula is C30H27Cl3N4O3S. The zero-order chi connectivity index (χ0) is 28.9. The van der Waals surface area contributed by atoms with Crippen molar-refractivity contribution in [3.8, 4) is 5.75 Å². The molecule has 1 aromatic heterocycles. The van der Waals surface area contributed by atoms with Crippen molar-refractivity contribution in [2.24, 2.45) is 0 Å². The van der Waals surface area contributed by atoms with E-state index in [-0.39, 0.29) is 6.61 Å².